The van der Waals surface area contributed by atoms with Crippen LogP contribution in [0.15, 0.2) is 0 Å². The Bertz CT molecular complexity index is 132. The summed E-state index contributed by atoms with van der Waals surface area (Å²) in [4.78, 5) is 10.8. The SMILES string of the molecule is O=C1CC2CSC1C2. The van der Waals surface area contributed by atoms with Gasteiger partial charge in [-0.3, -0.25) is 4.79 Å². The number of carbonyl (C=O) groups excluding carboxylic acids is 1. The fraction of sp³-hybridized carbons (Fsp3) is 0.833. The lowest BCUT2D eigenvalue weighted by molar-refractivity contribution is -0.117. The van der Waals surface area contributed by atoms with Crippen LogP contribution >= 0.6 is 11.8 Å². The van der Waals surface area contributed by atoms with Crippen LogP contribution in [-0.4, -0.2) is 16.8 Å². The highest BCUT2D eigenvalue weighted by Crippen LogP contribution is 2.41. The third-order valence-corrected chi connectivity index (χ3v) is 3.45. The van der Waals surface area contributed by atoms with Crippen molar-refractivity contribution < 1.29 is 4.79 Å². The van der Waals surface area contributed by atoms with Crippen LogP contribution in [0.3, 0.4) is 0 Å². The second-order valence-corrected chi connectivity index (χ2v) is 3.83. The fourth-order valence-electron chi connectivity index (χ4n) is 1.47. The molecule has 2 aliphatic rings. The van der Waals surface area contributed by atoms with E-state index in [4.69, 9.17) is 0 Å². The van der Waals surface area contributed by atoms with Gasteiger partial charge in [0.05, 0.1) is 5.25 Å². The number of thioether (sulfide) groups is 1. The van der Waals surface area contributed by atoms with Crippen molar-refractivity contribution in [3.8, 4) is 0 Å². The summed E-state index contributed by atoms with van der Waals surface area (Å²) in [6.45, 7) is 0. The molecule has 0 aromatic carbocycles. The molecule has 2 bridgehead atoms. The molecule has 2 unspecified atom stereocenters. The normalized spacial score (nSPS) is 43.8. The summed E-state index contributed by atoms with van der Waals surface area (Å²) in [5.74, 6) is 2.51. The van der Waals surface area contributed by atoms with E-state index in [1.54, 1.807) is 0 Å². The van der Waals surface area contributed by atoms with Gasteiger partial charge in [-0.1, -0.05) is 0 Å². The summed E-state index contributed by atoms with van der Waals surface area (Å²) in [5.41, 5.74) is 0. The maximum absolute atomic E-state index is 10.8. The first-order chi connectivity index (χ1) is 3.86. The van der Waals surface area contributed by atoms with E-state index in [0.29, 0.717) is 11.0 Å². The van der Waals surface area contributed by atoms with Gasteiger partial charge in [-0.2, -0.15) is 11.8 Å². The molecular weight excluding hydrogens is 120 g/mol. The quantitative estimate of drug-likeness (QED) is 0.485. The first-order valence-electron chi connectivity index (χ1n) is 3.00. The second-order valence-electron chi connectivity index (χ2n) is 2.59. The molecule has 1 nitrogen and oxygen atoms in total. The summed E-state index contributed by atoms with van der Waals surface area (Å²) in [6, 6.07) is 0. The van der Waals surface area contributed by atoms with Crippen molar-refractivity contribution in [1.82, 2.24) is 0 Å². The number of hydrogen-bond donors (Lipinski definition) is 0. The number of ketones is 1. The zero-order valence-electron chi connectivity index (χ0n) is 4.59. The van der Waals surface area contributed by atoms with Crippen molar-refractivity contribution in [3.05, 3.63) is 0 Å². The third-order valence-electron chi connectivity index (χ3n) is 1.93. The number of rotatable bonds is 0. The van der Waals surface area contributed by atoms with Gasteiger partial charge >= 0.3 is 0 Å². The van der Waals surface area contributed by atoms with Crippen LogP contribution in [0.5, 0.6) is 0 Å². The van der Waals surface area contributed by atoms with Crippen molar-refractivity contribution in [1.29, 1.82) is 0 Å². The van der Waals surface area contributed by atoms with Crippen molar-refractivity contribution in [2.75, 3.05) is 5.75 Å². The van der Waals surface area contributed by atoms with Crippen LogP contribution in [0, 0.1) is 5.92 Å². The highest BCUT2D eigenvalue weighted by molar-refractivity contribution is 8.01. The molecule has 0 amide bonds. The van der Waals surface area contributed by atoms with Crippen LogP contribution in [0.2, 0.25) is 0 Å². The molecule has 0 N–H and O–H groups in total. The van der Waals surface area contributed by atoms with E-state index >= 15 is 0 Å². The van der Waals surface area contributed by atoms with Crippen molar-refractivity contribution in [2.45, 2.75) is 18.1 Å². The van der Waals surface area contributed by atoms with Crippen molar-refractivity contribution in [2.24, 2.45) is 5.92 Å². The van der Waals surface area contributed by atoms with Crippen molar-refractivity contribution >= 4 is 17.5 Å². The van der Waals surface area contributed by atoms with Gasteiger partial charge in [-0.15, -0.1) is 0 Å². The Morgan fingerprint density at radius 2 is 2.50 bits per heavy atom. The summed E-state index contributed by atoms with van der Waals surface area (Å²) in [5, 5.41) is 0.417. The summed E-state index contributed by atoms with van der Waals surface area (Å²) >= 11 is 1.85. The molecule has 1 saturated heterocycles. The maximum atomic E-state index is 10.8. The maximum Gasteiger partial charge on any atom is 0.146 e. The van der Waals surface area contributed by atoms with Gasteiger partial charge in [0.25, 0.3) is 0 Å². The Morgan fingerprint density at radius 3 is 2.75 bits per heavy atom. The Kier molecular flexibility index (Phi) is 0.911. The van der Waals surface area contributed by atoms with Gasteiger partial charge in [0, 0.05) is 6.42 Å². The van der Waals surface area contributed by atoms with Gasteiger partial charge in [0.1, 0.15) is 5.78 Å². The molecule has 44 valence electrons. The highest BCUT2D eigenvalue weighted by atomic mass is 32.2. The molecule has 0 radical (unpaired) electrons. The van der Waals surface area contributed by atoms with Gasteiger partial charge in [-0.05, 0) is 18.1 Å². The van der Waals surface area contributed by atoms with Crippen LogP contribution in [0.4, 0.5) is 0 Å². The molecule has 1 aliphatic heterocycles. The number of carbonyl (C=O) groups is 1. The van der Waals surface area contributed by atoms with E-state index in [2.05, 4.69) is 0 Å². The zero-order valence-corrected chi connectivity index (χ0v) is 5.41. The lowest BCUT2D eigenvalue weighted by atomic mass is 10.1. The minimum atomic E-state index is 0.417. The van der Waals surface area contributed by atoms with Crippen LogP contribution in [0.25, 0.3) is 0 Å². The fourth-order valence-corrected chi connectivity index (χ4v) is 2.92. The first kappa shape index (κ1) is 4.86. The second kappa shape index (κ2) is 1.50. The first-order valence-corrected chi connectivity index (χ1v) is 4.05. The highest BCUT2D eigenvalue weighted by Gasteiger charge is 2.38. The van der Waals surface area contributed by atoms with E-state index in [1.807, 2.05) is 11.8 Å². The number of hydrogen-bond acceptors (Lipinski definition) is 2. The zero-order chi connectivity index (χ0) is 5.56. The Balaban J connectivity index is 2.22. The topological polar surface area (TPSA) is 17.1 Å². The van der Waals surface area contributed by atoms with Gasteiger partial charge in [-0.25, -0.2) is 0 Å². The van der Waals surface area contributed by atoms with E-state index in [9.17, 15) is 4.79 Å². The molecule has 0 aromatic rings. The summed E-state index contributed by atoms with van der Waals surface area (Å²) < 4.78 is 0. The summed E-state index contributed by atoms with van der Waals surface area (Å²) in [7, 11) is 0. The average Bonchev–Trinajstić information content (AvgIpc) is 2.23. The predicted octanol–water partition coefficient (Wildman–Crippen LogP) is 1.08. The predicted molar refractivity (Wildman–Crippen MR) is 34.0 cm³/mol. The van der Waals surface area contributed by atoms with Crippen LogP contribution in [0.1, 0.15) is 12.8 Å². The lowest BCUT2D eigenvalue weighted by Gasteiger charge is -2.04. The third kappa shape index (κ3) is 0.524. The Morgan fingerprint density at radius 1 is 1.62 bits per heavy atom. The molecule has 8 heavy (non-hydrogen) atoms. The molecule has 1 saturated carbocycles. The van der Waals surface area contributed by atoms with Gasteiger partial charge in [0.2, 0.25) is 0 Å². The Hall–Kier alpha value is 0.0200. The molecule has 2 fully saturated rings. The van der Waals surface area contributed by atoms with E-state index in [0.717, 1.165) is 12.3 Å². The summed E-state index contributed by atoms with van der Waals surface area (Å²) in [6.07, 6.45) is 2.07. The van der Waals surface area contributed by atoms with E-state index < -0.39 is 0 Å². The van der Waals surface area contributed by atoms with Crippen LogP contribution in [-0.2, 0) is 4.79 Å². The molecule has 2 atom stereocenters. The molecule has 2 rings (SSSR count). The van der Waals surface area contributed by atoms with Crippen LogP contribution < -0.4 is 0 Å². The minimum absolute atomic E-state index is 0.417. The molecule has 2 heteroatoms. The van der Waals surface area contributed by atoms with Gasteiger partial charge < -0.3 is 0 Å². The standard InChI is InChI=1S/C6H8OS/c7-5-1-4-2-6(5)8-3-4/h4,6H,1-3H2. The monoisotopic (exact) mass is 128 g/mol. The molecule has 0 aromatic heterocycles. The Labute approximate surface area is 52.8 Å². The molecular formula is C6H8OS. The van der Waals surface area contributed by atoms with E-state index in [1.165, 1.54) is 12.2 Å². The number of Topliss-reactive ketones (excluding diaryl/α,β-unsaturated/α-hetero) is 1. The number of fused-ring (bicyclic) bond motifs is 2. The van der Waals surface area contributed by atoms with Crippen molar-refractivity contribution in [3.63, 3.8) is 0 Å². The lowest BCUT2D eigenvalue weighted by Crippen LogP contribution is -2.10. The molecule has 0 spiro atoms. The van der Waals surface area contributed by atoms with E-state index in [-0.39, 0.29) is 0 Å². The largest absolute Gasteiger partial charge is 0.298 e. The van der Waals surface area contributed by atoms with Gasteiger partial charge in [0.15, 0.2) is 0 Å². The molecule has 1 heterocycles. The smallest absolute Gasteiger partial charge is 0.146 e. The minimum Gasteiger partial charge on any atom is -0.298 e. The molecule has 1 aliphatic carbocycles. The average molecular weight is 128 g/mol.